The van der Waals surface area contributed by atoms with Gasteiger partial charge in [0.15, 0.2) is 0 Å². The number of amides is 1. The predicted octanol–water partition coefficient (Wildman–Crippen LogP) is 2.81. The Morgan fingerprint density at radius 1 is 1.19 bits per heavy atom. The van der Waals surface area contributed by atoms with Crippen LogP contribution in [0.3, 0.4) is 0 Å². The van der Waals surface area contributed by atoms with E-state index in [1.165, 1.54) is 19.2 Å². The van der Waals surface area contributed by atoms with Gasteiger partial charge in [0.2, 0.25) is 0 Å². The Bertz CT molecular complexity index is 703. The summed E-state index contributed by atoms with van der Waals surface area (Å²) in [6, 6.07) is 11.0. The van der Waals surface area contributed by atoms with Crippen LogP contribution in [0.15, 0.2) is 52.3 Å². The van der Waals surface area contributed by atoms with Crippen LogP contribution in [-0.2, 0) is 0 Å². The van der Waals surface area contributed by atoms with Crippen LogP contribution in [0.1, 0.15) is 10.4 Å². The Kier molecular flexibility index (Phi) is 4.44. The van der Waals surface area contributed by atoms with E-state index < -0.39 is 10.8 Å². The summed E-state index contributed by atoms with van der Waals surface area (Å²) in [4.78, 5) is 23.2. The summed E-state index contributed by atoms with van der Waals surface area (Å²) < 4.78 is 0. The van der Waals surface area contributed by atoms with Gasteiger partial charge in [-0.3, -0.25) is 14.9 Å². The van der Waals surface area contributed by atoms with Gasteiger partial charge in [-0.1, -0.05) is 30.0 Å². The lowest BCUT2D eigenvalue weighted by Gasteiger charge is -2.08. The van der Waals surface area contributed by atoms with Crippen LogP contribution in [-0.4, -0.2) is 23.0 Å². The fourth-order valence-electron chi connectivity index (χ4n) is 1.77. The molecule has 0 radical (unpaired) electrons. The third kappa shape index (κ3) is 3.14. The van der Waals surface area contributed by atoms with Gasteiger partial charge in [-0.25, -0.2) is 0 Å². The third-order valence-electron chi connectivity index (χ3n) is 2.74. The average Bonchev–Trinajstić information content (AvgIpc) is 2.48. The zero-order valence-electron chi connectivity index (χ0n) is 11.1. The number of carbonyl (C=O) groups is 1. The SMILES string of the molecule is CNC(=O)c1cccc(Sc2ccccc2O)c1[N+](=O)[O-]. The van der Waals surface area contributed by atoms with E-state index in [4.69, 9.17) is 0 Å². The van der Waals surface area contributed by atoms with E-state index in [-0.39, 0.29) is 17.0 Å². The summed E-state index contributed by atoms with van der Waals surface area (Å²) in [5, 5.41) is 23.4. The highest BCUT2D eigenvalue weighted by molar-refractivity contribution is 7.99. The molecule has 0 aliphatic carbocycles. The van der Waals surface area contributed by atoms with E-state index >= 15 is 0 Å². The maximum atomic E-state index is 11.7. The minimum absolute atomic E-state index is 0.0112. The molecule has 0 fully saturated rings. The summed E-state index contributed by atoms with van der Waals surface area (Å²) in [6.07, 6.45) is 0. The number of benzene rings is 2. The second-order valence-corrected chi connectivity index (χ2v) is 5.14. The van der Waals surface area contributed by atoms with Gasteiger partial charge in [-0.05, 0) is 24.3 Å². The number of carbonyl (C=O) groups excluding carboxylic acids is 1. The van der Waals surface area contributed by atoms with Crippen molar-refractivity contribution in [2.24, 2.45) is 0 Å². The predicted molar refractivity (Wildman–Crippen MR) is 78.7 cm³/mol. The van der Waals surface area contributed by atoms with Crippen LogP contribution >= 0.6 is 11.8 Å². The quantitative estimate of drug-likeness (QED) is 0.669. The molecule has 7 heteroatoms. The molecule has 2 N–H and O–H groups in total. The Hall–Kier alpha value is -2.54. The molecule has 0 aliphatic rings. The number of phenolic OH excluding ortho intramolecular Hbond substituents is 1. The first kappa shape index (κ1) is 14.9. The largest absolute Gasteiger partial charge is 0.507 e. The van der Waals surface area contributed by atoms with Crippen LogP contribution in [0.25, 0.3) is 0 Å². The molecule has 0 atom stereocenters. The van der Waals surface area contributed by atoms with Gasteiger partial charge < -0.3 is 10.4 Å². The number of aromatic hydroxyl groups is 1. The van der Waals surface area contributed by atoms with Crippen molar-refractivity contribution in [2.75, 3.05) is 7.05 Å². The van der Waals surface area contributed by atoms with Crippen molar-refractivity contribution >= 4 is 23.4 Å². The Labute approximate surface area is 125 Å². The first-order valence-electron chi connectivity index (χ1n) is 6.00. The minimum atomic E-state index is -0.590. The number of rotatable bonds is 4. The smallest absolute Gasteiger partial charge is 0.295 e. The molecule has 108 valence electrons. The fourth-order valence-corrected chi connectivity index (χ4v) is 2.76. The summed E-state index contributed by atoms with van der Waals surface area (Å²) in [5.41, 5.74) is -0.284. The van der Waals surface area contributed by atoms with Gasteiger partial charge >= 0.3 is 0 Å². The van der Waals surface area contributed by atoms with Crippen LogP contribution in [0.4, 0.5) is 5.69 Å². The molecular formula is C14H12N2O4S. The zero-order chi connectivity index (χ0) is 15.4. The number of nitro benzene ring substituents is 1. The van der Waals surface area contributed by atoms with Gasteiger partial charge in [-0.15, -0.1) is 0 Å². The topological polar surface area (TPSA) is 92.5 Å². The molecule has 21 heavy (non-hydrogen) atoms. The molecule has 1 amide bonds. The molecular weight excluding hydrogens is 292 g/mol. The third-order valence-corrected chi connectivity index (χ3v) is 3.85. The van der Waals surface area contributed by atoms with E-state index in [2.05, 4.69) is 5.32 Å². The standard InChI is InChI=1S/C14H12N2O4S/c1-15-14(18)9-5-4-8-12(13(9)16(19)20)21-11-7-3-2-6-10(11)17/h2-8,17H,1H3,(H,15,18). The van der Waals surface area contributed by atoms with Crippen molar-refractivity contribution in [2.45, 2.75) is 9.79 Å². The molecule has 0 spiro atoms. The van der Waals surface area contributed by atoms with Gasteiger partial charge in [0, 0.05) is 7.05 Å². The van der Waals surface area contributed by atoms with E-state index in [0.29, 0.717) is 9.79 Å². The first-order valence-corrected chi connectivity index (χ1v) is 6.81. The maximum absolute atomic E-state index is 11.7. The Morgan fingerprint density at radius 3 is 2.48 bits per heavy atom. The van der Waals surface area contributed by atoms with Crippen molar-refractivity contribution in [1.82, 2.24) is 5.32 Å². The lowest BCUT2D eigenvalue weighted by molar-refractivity contribution is -0.388. The zero-order valence-corrected chi connectivity index (χ0v) is 11.9. The molecule has 0 aromatic heterocycles. The molecule has 0 heterocycles. The number of para-hydroxylation sites is 2. The van der Waals surface area contributed by atoms with Gasteiger partial charge in [-0.2, -0.15) is 0 Å². The molecule has 0 saturated carbocycles. The summed E-state index contributed by atoms with van der Waals surface area (Å²) >= 11 is 1.04. The molecule has 0 saturated heterocycles. The molecule has 0 unspecified atom stereocenters. The van der Waals surface area contributed by atoms with Crippen molar-refractivity contribution in [3.63, 3.8) is 0 Å². The lowest BCUT2D eigenvalue weighted by Crippen LogP contribution is -2.19. The van der Waals surface area contributed by atoms with Crippen LogP contribution in [0, 0.1) is 10.1 Å². The van der Waals surface area contributed by atoms with E-state index in [1.807, 2.05) is 0 Å². The highest BCUT2D eigenvalue weighted by Gasteiger charge is 2.24. The van der Waals surface area contributed by atoms with Crippen LogP contribution in [0.5, 0.6) is 5.75 Å². The van der Waals surface area contributed by atoms with Crippen molar-refractivity contribution in [1.29, 1.82) is 0 Å². The molecule has 2 aromatic carbocycles. The lowest BCUT2D eigenvalue weighted by atomic mass is 10.1. The van der Waals surface area contributed by atoms with Crippen LogP contribution < -0.4 is 5.32 Å². The number of nitro groups is 1. The number of nitrogens with one attached hydrogen (secondary N) is 1. The fraction of sp³-hybridized carbons (Fsp3) is 0.0714. The number of phenols is 1. The highest BCUT2D eigenvalue weighted by Crippen LogP contribution is 2.40. The van der Waals surface area contributed by atoms with E-state index in [9.17, 15) is 20.0 Å². The van der Waals surface area contributed by atoms with Crippen LogP contribution in [0.2, 0.25) is 0 Å². The second-order valence-electron chi connectivity index (χ2n) is 4.06. The van der Waals surface area contributed by atoms with Gasteiger partial charge in [0.1, 0.15) is 11.3 Å². The molecule has 2 aromatic rings. The van der Waals surface area contributed by atoms with E-state index in [1.54, 1.807) is 30.3 Å². The molecule has 6 nitrogen and oxygen atoms in total. The number of hydrogen-bond donors (Lipinski definition) is 2. The molecule has 2 rings (SSSR count). The second kappa shape index (κ2) is 6.27. The Balaban J connectivity index is 2.51. The molecule has 0 bridgehead atoms. The monoisotopic (exact) mass is 304 g/mol. The maximum Gasteiger partial charge on any atom is 0.295 e. The number of nitrogens with zero attached hydrogens (tertiary/aromatic N) is 1. The van der Waals surface area contributed by atoms with E-state index in [0.717, 1.165) is 11.8 Å². The van der Waals surface area contributed by atoms with Crippen molar-refractivity contribution < 1.29 is 14.8 Å². The summed E-state index contributed by atoms with van der Waals surface area (Å²) in [6.45, 7) is 0. The first-order chi connectivity index (χ1) is 10.0. The normalized spacial score (nSPS) is 10.1. The van der Waals surface area contributed by atoms with Crippen molar-refractivity contribution in [3.05, 3.63) is 58.1 Å². The Morgan fingerprint density at radius 2 is 1.86 bits per heavy atom. The highest BCUT2D eigenvalue weighted by atomic mass is 32.2. The van der Waals surface area contributed by atoms with Crippen molar-refractivity contribution in [3.8, 4) is 5.75 Å². The number of hydrogen-bond acceptors (Lipinski definition) is 5. The van der Waals surface area contributed by atoms with Gasteiger partial charge in [0.25, 0.3) is 11.6 Å². The molecule has 0 aliphatic heterocycles. The minimum Gasteiger partial charge on any atom is -0.507 e. The summed E-state index contributed by atoms with van der Waals surface area (Å²) in [5.74, 6) is -0.497. The summed E-state index contributed by atoms with van der Waals surface area (Å²) in [7, 11) is 1.41. The average molecular weight is 304 g/mol. The van der Waals surface area contributed by atoms with Gasteiger partial charge in [0.05, 0.1) is 14.7 Å².